The number of nitrogens with zero attached hydrogens (tertiary/aromatic N) is 2. The second-order valence-electron chi connectivity index (χ2n) is 9.31. The number of para-hydroxylation sites is 2. The number of nitrogens with one attached hydrogen (secondary N) is 3. The Labute approximate surface area is 214 Å². The van der Waals surface area contributed by atoms with Gasteiger partial charge in [0.25, 0.3) is 5.56 Å². The summed E-state index contributed by atoms with van der Waals surface area (Å²) in [5.41, 5.74) is 2.92. The summed E-state index contributed by atoms with van der Waals surface area (Å²) in [5.74, 6) is 0.555. The third kappa shape index (κ3) is 5.86. The average Bonchev–Trinajstić information content (AvgIpc) is 3.74. The lowest BCUT2D eigenvalue weighted by atomic mass is 10.1. The fraction of sp³-hybridized carbons (Fsp3) is 0.241. The zero-order valence-electron chi connectivity index (χ0n) is 20.6. The van der Waals surface area contributed by atoms with E-state index >= 15 is 0 Å². The molecule has 0 bridgehead atoms. The Hall–Kier alpha value is -4.46. The van der Waals surface area contributed by atoms with E-state index in [1.807, 2.05) is 67.6 Å². The summed E-state index contributed by atoms with van der Waals surface area (Å²) in [6.07, 6.45) is 2.57. The molecule has 4 aromatic rings. The molecule has 8 nitrogen and oxygen atoms in total. The Morgan fingerprint density at radius 1 is 0.919 bits per heavy atom. The van der Waals surface area contributed by atoms with Crippen LogP contribution in [0.3, 0.4) is 0 Å². The van der Waals surface area contributed by atoms with Crippen molar-refractivity contribution in [3.63, 3.8) is 0 Å². The van der Waals surface area contributed by atoms with E-state index < -0.39 is 0 Å². The van der Waals surface area contributed by atoms with Crippen LogP contribution in [0.2, 0.25) is 0 Å². The largest absolute Gasteiger partial charge is 0.350 e. The van der Waals surface area contributed by atoms with Gasteiger partial charge in [0.05, 0.1) is 16.9 Å². The molecule has 0 saturated heterocycles. The highest BCUT2D eigenvalue weighted by Crippen LogP contribution is 2.35. The van der Waals surface area contributed by atoms with E-state index in [2.05, 4.69) is 16.0 Å². The molecule has 1 aliphatic rings. The smallest absolute Gasteiger partial charge is 0.323 e. The summed E-state index contributed by atoms with van der Waals surface area (Å²) < 4.78 is 1.78. The number of urea groups is 1. The van der Waals surface area contributed by atoms with Gasteiger partial charge in [0.15, 0.2) is 0 Å². The third-order valence-electron chi connectivity index (χ3n) is 6.45. The van der Waals surface area contributed by atoms with Gasteiger partial charge in [-0.2, -0.15) is 0 Å². The Balaban J connectivity index is 1.17. The van der Waals surface area contributed by atoms with E-state index in [1.54, 1.807) is 22.8 Å². The van der Waals surface area contributed by atoms with E-state index in [4.69, 9.17) is 4.98 Å². The van der Waals surface area contributed by atoms with Crippen molar-refractivity contribution >= 4 is 34.2 Å². The molecule has 37 heavy (non-hydrogen) atoms. The summed E-state index contributed by atoms with van der Waals surface area (Å²) in [7, 11) is 0. The molecule has 1 unspecified atom stereocenters. The van der Waals surface area contributed by atoms with Crippen LogP contribution in [0.1, 0.15) is 49.7 Å². The second kappa shape index (κ2) is 10.7. The van der Waals surface area contributed by atoms with Gasteiger partial charge in [0.2, 0.25) is 5.91 Å². The molecule has 0 radical (unpaired) electrons. The second-order valence-corrected chi connectivity index (χ2v) is 9.31. The first-order chi connectivity index (χ1) is 18.0. The van der Waals surface area contributed by atoms with E-state index in [0.717, 1.165) is 18.4 Å². The molecule has 5 rings (SSSR count). The quantitative estimate of drug-likeness (QED) is 0.313. The highest BCUT2D eigenvalue weighted by molar-refractivity contribution is 5.99. The maximum atomic E-state index is 13.0. The average molecular weight is 496 g/mol. The van der Waals surface area contributed by atoms with Gasteiger partial charge in [0.1, 0.15) is 5.82 Å². The standard InChI is InChI=1S/C29H29N5O3/c1-19(20-11-13-22(14-12-20)32-29(37)31-21-7-3-2-4-8-21)30-27(35)18-17-26-33-25-10-6-5-9-24(25)28(36)34(26)23-15-16-23/h2-14,19,23H,15-18H2,1H3,(H,30,35)(H2,31,32,37). The van der Waals surface area contributed by atoms with Crippen molar-refractivity contribution in [1.82, 2.24) is 14.9 Å². The molecule has 0 aliphatic heterocycles. The van der Waals surface area contributed by atoms with E-state index in [1.165, 1.54) is 0 Å². The van der Waals surface area contributed by atoms with Crippen LogP contribution in [0.5, 0.6) is 0 Å². The summed E-state index contributed by atoms with van der Waals surface area (Å²) in [5, 5.41) is 9.22. The van der Waals surface area contributed by atoms with E-state index in [0.29, 0.717) is 34.5 Å². The van der Waals surface area contributed by atoms with Gasteiger partial charge in [-0.05, 0) is 61.7 Å². The first kappa shape index (κ1) is 24.2. The number of carbonyl (C=O) groups excluding carboxylic acids is 2. The van der Waals surface area contributed by atoms with Crippen molar-refractivity contribution in [2.75, 3.05) is 10.6 Å². The Morgan fingerprint density at radius 2 is 1.57 bits per heavy atom. The maximum absolute atomic E-state index is 13.0. The number of carbonyl (C=O) groups is 2. The van der Waals surface area contributed by atoms with Crippen LogP contribution in [0.4, 0.5) is 16.2 Å². The predicted molar refractivity (Wildman–Crippen MR) is 145 cm³/mol. The Morgan fingerprint density at radius 3 is 2.27 bits per heavy atom. The van der Waals surface area contributed by atoms with E-state index in [9.17, 15) is 14.4 Å². The number of aryl methyl sites for hydroxylation is 1. The molecule has 1 saturated carbocycles. The summed E-state index contributed by atoms with van der Waals surface area (Å²) in [4.78, 5) is 42.7. The van der Waals surface area contributed by atoms with Crippen LogP contribution in [0, 0.1) is 0 Å². The number of benzene rings is 3. The van der Waals surface area contributed by atoms with Crippen LogP contribution in [0.15, 0.2) is 83.7 Å². The van der Waals surface area contributed by atoms with Gasteiger partial charge in [0, 0.05) is 30.3 Å². The maximum Gasteiger partial charge on any atom is 0.323 e. The molecule has 1 aromatic heterocycles. The number of amides is 3. The third-order valence-corrected chi connectivity index (χ3v) is 6.45. The number of fused-ring (bicyclic) bond motifs is 1. The first-order valence-electron chi connectivity index (χ1n) is 12.5. The van der Waals surface area contributed by atoms with Crippen LogP contribution in [0.25, 0.3) is 10.9 Å². The number of anilines is 2. The first-order valence-corrected chi connectivity index (χ1v) is 12.5. The molecule has 1 atom stereocenters. The zero-order chi connectivity index (χ0) is 25.8. The molecule has 3 amide bonds. The number of hydrogen-bond acceptors (Lipinski definition) is 4. The Bertz CT molecular complexity index is 1480. The van der Waals surface area contributed by atoms with Gasteiger partial charge in [-0.15, -0.1) is 0 Å². The molecule has 1 fully saturated rings. The molecule has 3 aromatic carbocycles. The van der Waals surface area contributed by atoms with Gasteiger partial charge < -0.3 is 16.0 Å². The predicted octanol–water partition coefficient (Wildman–Crippen LogP) is 5.19. The highest BCUT2D eigenvalue weighted by Gasteiger charge is 2.28. The molecule has 0 spiro atoms. The molecular weight excluding hydrogens is 466 g/mol. The summed E-state index contributed by atoms with van der Waals surface area (Å²) in [6.45, 7) is 1.91. The lowest BCUT2D eigenvalue weighted by molar-refractivity contribution is -0.121. The summed E-state index contributed by atoms with van der Waals surface area (Å²) >= 11 is 0. The normalized spacial score (nSPS) is 13.6. The van der Waals surface area contributed by atoms with Crippen LogP contribution in [-0.2, 0) is 11.2 Å². The van der Waals surface area contributed by atoms with Crippen molar-refractivity contribution in [1.29, 1.82) is 0 Å². The SMILES string of the molecule is CC(NC(=O)CCc1nc2ccccc2c(=O)n1C1CC1)c1ccc(NC(=O)Nc2ccccc2)cc1. The van der Waals surface area contributed by atoms with Crippen LogP contribution < -0.4 is 21.5 Å². The van der Waals surface area contributed by atoms with Crippen molar-refractivity contribution in [2.45, 2.75) is 44.7 Å². The molecule has 1 aliphatic carbocycles. The van der Waals surface area contributed by atoms with Crippen molar-refractivity contribution in [3.8, 4) is 0 Å². The zero-order valence-corrected chi connectivity index (χ0v) is 20.6. The van der Waals surface area contributed by atoms with Crippen molar-refractivity contribution in [2.24, 2.45) is 0 Å². The monoisotopic (exact) mass is 495 g/mol. The van der Waals surface area contributed by atoms with Crippen LogP contribution >= 0.6 is 0 Å². The number of aromatic nitrogens is 2. The molecule has 1 heterocycles. The lowest BCUT2D eigenvalue weighted by Gasteiger charge is -2.16. The molecule has 188 valence electrons. The fourth-order valence-corrected chi connectivity index (χ4v) is 4.37. The number of hydrogen-bond donors (Lipinski definition) is 3. The van der Waals surface area contributed by atoms with Gasteiger partial charge in [-0.3, -0.25) is 14.2 Å². The van der Waals surface area contributed by atoms with Gasteiger partial charge in [-0.1, -0.05) is 42.5 Å². The minimum absolute atomic E-state index is 0.0250. The molecule has 8 heteroatoms. The number of rotatable bonds is 8. The molecular formula is C29H29N5O3. The minimum Gasteiger partial charge on any atom is -0.350 e. The van der Waals surface area contributed by atoms with Gasteiger partial charge >= 0.3 is 6.03 Å². The topological polar surface area (TPSA) is 105 Å². The lowest BCUT2D eigenvalue weighted by Crippen LogP contribution is -2.29. The molecule has 3 N–H and O–H groups in total. The minimum atomic E-state index is -0.327. The Kier molecular flexibility index (Phi) is 6.98. The summed E-state index contributed by atoms with van der Waals surface area (Å²) in [6, 6.07) is 23.6. The fourth-order valence-electron chi connectivity index (χ4n) is 4.37. The highest BCUT2D eigenvalue weighted by atomic mass is 16.2. The van der Waals surface area contributed by atoms with Crippen molar-refractivity contribution in [3.05, 3.63) is 101 Å². The van der Waals surface area contributed by atoms with Crippen LogP contribution in [-0.4, -0.2) is 21.5 Å². The van der Waals surface area contributed by atoms with Crippen molar-refractivity contribution < 1.29 is 9.59 Å². The van der Waals surface area contributed by atoms with E-state index in [-0.39, 0.29) is 36.0 Å². The van der Waals surface area contributed by atoms with Gasteiger partial charge in [-0.25, -0.2) is 9.78 Å².